The van der Waals surface area contributed by atoms with Gasteiger partial charge in [0.25, 0.3) is 0 Å². The van der Waals surface area contributed by atoms with Gasteiger partial charge in [0.05, 0.1) is 11.4 Å². The van der Waals surface area contributed by atoms with Crippen LogP contribution in [0.25, 0.3) is 0 Å². The van der Waals surface area contributed by atoms with E-state index in [1.54, 1.807) is 19.1 Å². The molecule has 0 spiro atoms. The van der Waals surface area contributed by atoms with E-state index in [0.717, 1.165) is 29.9 Å². The molecule has 0 saturated carbocycles. The van der Waals surface area contributed by atoms with Crippen molar-refractivity contribution < 1.29 is 8.78 Å². The maximum Gasteiger partial charge on any atom is 0.128 e. The average molecular weight is 260 g/mol. The Bertz CT molecular complexity index is 653. The molecule has 1 aliphatic rings. The van der Waals surface area contributed by atoms with Crippen LogP contribution in [0.4, 0.5) is 25.8 Å². The van der Waals surface area contributed by atoms with Crippen LogP contribution < -0.4 is 10.6 Å². The quantitative estimate of drug-likeness (QED) is 0.794. The van der Waals surface area contributed by atoms with Crippen LogP contribution in [0.3, 0.4) is 0 Å². The van der Waals surface area contributed by atoms with Crippen LogP contribution in [-0.4, -0.2) is 6.54 Å². The van der Waals surface area contributed by atoms with Crippen molar-refractivity contribution in [2.45, 2.75) is 13.3 Å². The molecule has 3 rings (SSSR count). The number of fused-ring (bicyclic) bond motifs is 1. The molecule has 0 radical (unpaired) electrons. The third-order valence-electron chi connectivity index (χ3n) is 3.54. The molecule has 1 aliphatic heterocycles. The topological polar surface area (TPSA) is 29.3 Å². The molecule has 0 fully saturated rings. The van der Waals surface area contributed by atoms with Crippen LogP contribution in [0.2, 0.25) is 0 Å². The lowest BCUT2D eigenvalue weighted by Gasteiger charge is -2.22. The Morgan fingerprint density at radius 2 is 1.89 bits per heavy atom. The van der Waals surface area contributed by atoms with E-state index in [2.05, 4.69) is 0 Å². The first kappa shape index (κ1) is 12.0. The molecule has 0 bridgehead atoms. The van der Waals surface area contributed by atoms with Crippen LogP contribution in [0, 0.1) is 18.6 Å². The molecule has 0 amide bonds. The Kier molecular flexibility index (Phi) is 2.66. The van der Waals surface area contributed by atoms with Crippen molar-refractivity contribution in [3.05, 3.63) is 53.1 Å². The van der Waals surface area contributed by atoms with Crippen molar-refractivity contribution in [1.29, 1.82) is 0 Å². The minimum atomic E-state index is -0.320. The number of anilines is 3. The molecule has 4 heteroatoms. The lowest BCUT2D eigenvalue weighted by atomic mass is 10.1. The van der Waals surface area contributed by atoms with Crippen molar-refractivity contribution in [3.8, 4) is 0 Å². The van der Waals surface area contributed by atoms with E-state index in [1.165, 1.54) is 18.2 Å². The summed E-state index contributed by atoms with van der Waals surface area (Å²) in [6, 6.07) is 7.78. The Morgan fingerprint density at radius 3 is 2.68 bits per heavy atom. The van der Waals surface area contributed by atoms with Crippen LogP contribution >= 0.6 is 0 Å². The average Bonchev–Trinajstić information content (AvgIpc) is 2.76. The second-order valence-electron chi connectivity index (χ2n) is 4.83. The number of halogens is 2. The monoisotopic (exact) mass is 260 g/mol. The second kappa shape index (κ2) is 4.23. The fraction of sp³-hybridized carbons (Fsp3) is 0.200. The van der Waals surface area contributed by atoms with Gasteiger partial charge in [0.2, 0.25) is 0 Å². The Morgan fingerprint density at radius 1 is 1.11 bits per heavy atom. The number of rotatable bonds is 1. The maximum absolute atomic E-state index is 13.4. The van der Waals surface area contributed by atoms with Crippen LogP contribution in [0.15, 0.2) is 30.3 Å². The molecule has 2 aromatic carbocycles. The summed E-state index contributed by atoms with van der Waals surface area (Å²) in [5.74, 6) is -0.594. The first-order valence-electron chi connectivity index (χ1n) is 6.18. The highest BCUT2D eigenvalue weighted by Crippen LogP contribution is 2.38. The van der Waals surface area contributed by atoms with Gasteiger partial charge in [-0.15, -0.1) is 0 Å². The molecule has 0 saturated heterocycles. The first-order valence-corrected chi connectivity index (χ1v) is 6.18. The van der Waals surface area contributed by atoms with Gasteiger partial charge in [-0.3, -0.25) is 0 Å². The fourth-order valence-electron chi connectivity index (χ4n) is 2.52. The van der Waals surface area contributed by atoms with Crippen molar-refractivity contribution in [2.24, 2.45) is 0 Å². The zero-order valence-corrected chi connectivity index (χ0v) is 10.6. The number of nitrogens with zero attached hydrogens (tertiary/aromatic N) is 1. The second-order valence-corrected chi connectivity index (χ2v) is 4.83. The third-order valence-corrected chi connectivity index (χ3v) is 3.54. The summed E-state index contributed by atoms with van der Waals surface area (Å²) in [7, 11) is 0. The summed E-state index contributed by atoms with van der Waals surface area (Å²) >= 11 is 0. The van der Waals surface area contributed by atoms with Gasteiger partial charge >= 0.3 is 0 Å². The number of nitrogens with two attached hydrogens (primary N) is 1. The van der Waals surface area contributed by atoms with E-state index in [1.807, 2.05) is 4.90 Å². The Hall–Kier alpha value is -2.10. The molecular weight excluding hydrogens is 246 g/mol. The van der Waals surface area contributed by atoms with E-state index in [-0.39, 0.29) is 11.6 Å². The van der Waals surface area contributed by atoms with Crippen LogP contribution in [-0.2, 0) is 6.42 Å². The van der Waals surface area contributed by atoms with E-state index in [9.17, 15) is 8.78 Å². The summed E-state index contributed by atoms with van der Waals surface area (Å²) in [5.41, 5.74) is 9.44. The minimum absolute atomic E-state index is 0.275. The van der Waals surface area contributed by atoms with Gasteiger partial charge in [0.1, 0.15) is 11.6 Å². The highest BCUT2D eigenvalue weighted by Gasteiger charge is 2.23. The lowest BCUT2D eigenvalue weighted by molar-refractivity contribution is 0.619. The summed E-state index contributed by atoms with van der Waals surface area (Å²) in [4.78, 5) is 1.94. The largest absolute Gasteiger partial charge is 0.397 e. The third kappa shape index (κ3) is 1.93. The predicted molar refractivity (Wildman–Crippen MR) is 72.7 cm³/mol. The molecule has 2 nitrogen and oxygen atoms in total. The zero-order chi connectivity index (χ0) is 13.6. The van der Waals surface area contributed by atoms with Crippen molar-refractivity contribution in [1.82, 2.24) is 0 Å². The van der Waals surface area contributed by atoms with Crippen LogP contribution in [0.1, 0.15) is 11.1 Å². The Balaban J connectivity index is 2.11. The number of nitrogen functional groups attached to an aromatic ring is 1. The van der Waals surface area contributed by atoms with Gasteiger partial charge in [-0.1, -0.05) is 6.07 Å². The van der Waals surface area contributed by atoms with Crippen LogP contribution in [0.5, 0.6) is 0 Å². The van der Waals surface area contributed by atoms with Crippen molar-refractivity contribution in [3.63, 3.8) is 0 Å². The first-order chi connectivity index (χ1) is 9.06. The van der Waals surface area contributed by atoms with Crippen molar-refractivity contribution in [2.75, 3.05) is 17.2 Å². The van der Waals surface area contributed by atoms with Gasteiger partial charge in [0.15, 0.2) is 0 Å². The van der Waals surface area contributed by atoms with Gasteiger partial charge in [0, 0.05) is 12.2 Å². The summed E-state index contributed by atoms with van der Waals surface area (Å²) in [6.07, 6.45) is 0.839. The molecule has 19 heavy (non-hydrogen) atoms. The number of aryl methyl sites for hydroxylation is 1. The molecule has 1 heterocycles. The Labute approximate surface area is 110 Å². The summed E-state index contributed by atoms with van der Waals surface area (Å²) < 4.78 is 26.8. The van der Waals surface area contributed by atoms with Gasteiger partial charge < -0.3 is 10.6 Å². The highest BCUT2D eigenvalue weighted by molar-refractivity contribution is 5.78. The molecule has 98 valence electrons. The van der Waals surface area contributed by atoms with E-state index >= 15 is 0 Å². The van der Waals surface area contributed by atoms with E-state index < -0.39 is 0 Å². The SMILES string of the molecule is Cc1cc(N2CCc3ccc(F)cc32)c(N)cc1F. The maximum atomic E-state index is 13.4. The van der Waals surface area contributed by atoms with Gasteiger partial charge in [-0.25, -0.2) is 8.78 Å². The van der Waals surface area contributed by atoms with E-state index in [4.69, 9.17) is 5.73 Å². The lowest BCUT2D eigenvalue weighted by Crippen LogP contribution is -2.15. The predicted octanol–water partition coefficient (Wildman–Crippen LogP) is 3.55. The standard InChI is InChI=1S/C15H14F2N2/c1-9-6-15(13(18)8-12(9)17)19-5-4-10-2-3-11(16)7-14(10)19/h2-3,6-8H,4-5,18H2,1H3. The van der Waals surface area contributed by atoms with Gasteiger partial charge in [-0.2, -0.15) is 0 Å². The minimum Gasteiger partial charge on any atom is -0.397 e. The molecule has 0 aliphatic carbocycles. The molecule has 0 unspecified atom stereocenters. The number of hydrogen-bond donors (Lipinski definition) is 1. The zero-order valence-electron chi connectivity index (χ0n) is 10.6. The highest BCUT2D eigenvalue weighted by atomic mass is 19.1. The van der Waals surface area contributed by atoms with Crippen molar-refractivity contribution >= 4 is 17.1 Å². The molecule has 0 atom stereocenters. The molecule has 2 N–H and O–H groups in total. The fourth-order valence-corrected chi connectivity index (χ4v) is 2.52. The normalized spacial score (nSPS) is 13.7. The van der Waals surface area contributed by atoms with E-state index in [0.29, 0.717) is 11.3 Å². The molecule has 2 aromatic rings. The van der Waals surface area contributed by atoms with Gasteiger partial charge in [-0.05, 0) is 48.7 Å². The smallest absolute Gasteiger partial charge is 0.128 e. The molecular formula is C15H14F2N2. The molecule has 0 aromatic heterocycles. The number of benzene rings is 2. The summed E-state index contributed by atoms with van der Waals surface area (Å²) in [5, 5.41) is 0. The summed E-state index contributed by atoms with van der Waals surface area (Å²) in [6.45, 7) is 2.43. The number of hydrogen-bond acceptors (Lipinski definition) is 2.